The molecule has 1 atom stereocenters. The molecule has 0 heterocycles. The Morgan fingerprint density at radius 3 is 1.62 bits per heavy atom. The van der Waals surface area contributed by atoms with Gasteiger partial charge in [-0.15, -0.1) is 0 Å². The minimum atomic E-state index is -0.629. The first-order valence-corrected chi connectivity index (χ1v) is 8.28. The van der Waals surface area contributed by atoms with Crippen LogP contribution < -0.4 is 0 Å². The van der Waals surface area contributed by atoms with E-state index in [-0.39, 0.29) is 5.92 Å². The van der Waals surface area contributed by atoms with E-state index in [1.165, 1.54) is 5.56 Å². The van der Waals surface area contributed by atoms with E-state index >= 15 is 0 Å². The first kappa shape index (κ1) is 16.2. The van der Waals surface area contributed by atoms with Crippen molar-refractivity contribution in [3.63, 3.8) is 0 Å². The van der Waals surface area contributed by atoms with Crippen molar-refractivity contribution < 1.29 is 4.79 Å². The largest absolute Gasteiger partial charge is 0.302 e. The van der Waals surface area contributed by atoms with Crippen LogP contribution in [0.25, 0.3) is 0 Å². The van der Waals surface area contributed by atoms with Gasteiger partial charge in [0.15, 0.2) is 0 Å². The van der Waals surface area contributed by atoms with E-state index in [4.69, 9.17) is 0 Å². The van der Waals surface area contributed by atoms with Crippen LogP contribution in [-0.4, -0.2) is 6.29 Å². The smallest absolute Gasteiger partial charge is 0.131 e. The summed E-state index contributed by atoms with van der Waals surface area (Å²) in [5.74, 6) is -0.0277. The summed E-state index contributed by atoms with van der Waals surface area (Å²) < 4.78 is 0. The van der Waals surface area contributed by atoms with E-state index < -0.39 is 5.41 Å². The van der Waals surface area contributed by atoms with Gasteiger partial charge in [-0.1, -0.05) is 90.5 Å². The molecule has 0 aromatic heterocycles. The Morgan fingerprint density at radius 1 is 0.750 bits per heavy atom. The highest BCUT2D eigenvalue weighted by atomic mass is 16.1. The van der Waals surface area contributed by atoms with Gasteiger partial charge in [0.1, 0.15) is 6.29 Å². The van der Waals surface area contributed by atoms with Gasteiger partial charge in [0.2, 0.25) is 0 Å². The lowest BCUT2D eigenvalue weighted by Gasteiger charge is -2.34. The molecule has 120 valence electrons. The van der Waals surface area contributed by atoms with Crippen LogP contribution in [0.5, 0.6) is 0 Å². The fourth-order valence-corrected chi connectivity index (χ4v) is 3.39. The first-order valence-electron chi connectivity index (χ1n) is 8.28. The Labute approximate surface area is 144 Å². The van der Waals surface area contributed by atoms with E-state index in [1.807, 2.05) is 43.3 Å². The Balaban J connectivity index is 2.19. The van der Waals surface area contributed by atoms with Crippen molar-refractivity contribution in [2.24, 2.45) is 0 Å². The van der Waals surface area contributed by atoms with Crippen LogP contribution in [-0.2, 0) is 10.2 Å². The van der Waals surface area contributed by atoms with Crippen LogP contribution >= 0.6 is 0 Å². The second kappa shape index (κ2) is 6.84. The number of aryl methyl sites for hydroxylation is 1. The average molecular weight is 314 g/mol. The summed E-state index contributed by atoms with van der Waals surface area (Å²) in [5.41, 5.74) is 3.91. The maximum absolute atomic E-state index is 12.3. The van der Waals surface area contributed by atoms with Crippen molar-refractivity contribution in [3.05, 3.63) is 107 Å². The van der Waals surface area contributed by atoms with E-state index in [0.717, 1.165) is 23.0 Å². The van der Waals surface area contributed by atoms with Crippen molar-refractivity contribution >= 4 is 6.29 Å². The summed E-state index contributed by atoms with van der Waals surface area (Å²) in [7, 11) is 0. The van der Waals surface area contributed by atoms with Gasteiger partial charge < -0.3 is 4.79 Å². The summed E-state index contributed by atoms with van der Waals surface area (Å²) >= 11 is 0. The van der Waals surface area contributed by atoms with Crippen molar-refractivity contribution in [2.75, 3.05) is 0 Å². The number of carbonyl (C=O) groups excluding carboxylic acids is 1. The summed E-state index contributed by atoms with van der Waals surface area (Å²) in [5, 5.41) is 0. The van der Waals surface area contributed by atoms with Gasteiger partial charge in [-0.2, -0.15) is 0 Å². The topological polar surface area (TPSA) is 17.1 Å². The van der Waals surface area contributed by atoms with Crippen molar-refractivity contribution in [2.45, 2.75) is 25.2 Å². The van der Waals surface area contributed by atoms with Crippen LogP contribution in [0.15, 0.2) is 84.9 Å². The number of carbonyl (C=O) groups is 1. The van der Waals surface area contributed by atoms with Crippen LogP contribution in [0, 0.1) is 6.92 Å². The highest BCUT2D eigenvalue weighted by Crippen LogP contribution is 2.42. The molecule has 0 unspecified atom stereocenters. The Hall–Kier alpha value is -2.67. The van der Waals surface area contributed by atoms with E-state index in [0.29, 0.717) is 0 Å². The SMILES string of the molecule is Cc1ccc([C@@](C)(C=O)C(c2ccccc2)c2ccccc2)cc1. The third-order valence-corrected chi connectivity index (χ3v) is 4.78. The molecule has 24 heavy (non-hydrogen) atoms. The van der Waals surface area contributed by atoms with Crippen LogP contribution in [0.1, 0.15) is 35.1 Å². The van der Waals surface area contributed by atoms with Gasteiger partial charge in [-0.25, -0.2) is 0 Å². The van der Waals surface area contributed by atoms with Gasteiger partial charge in [-0.05, 0) is 30.5 Å². The minimum Gasteiger partial charge on any atom is -0.302 e. The molecule has 0 aliphatic rings. The molecule has 3 rings (SSSR count). The van der Waals surface area contributed by atoms with Crippen LogP contribution in [0.3, 0.4) is 0 Å². The standard InChI is InChI=1S/C23H22O/c1-18-13-15-21(16-14-18)23(2,17-24)22(19-9-5-3-6-10-19)20-11-7-4-8-12-20/h3-17,22H,1-2H3/t23-/m1/s1. The first-order chi connectivity index (χ1) is 11.6. The number of hydrogen-bond acceptors (Lipinski definition) is 1. The van der Waals surface area contributed by atoms with Crippen molar-refractivity contribution in [1.82, 2.24) is 0 Å². The minimum absolute atomic E-state index is 0.0277. The van der Waals surface area contributed by atoms with Crippen LogP contribution in [0.2, 0.25) is 0 Å². The molecule has 0 saturated carbocycles. The van der Waals surface area contributed by atoms with E-state index in [9.17, 15) is 4.79 Å². The molecular weight excluding hydrogens is 292 g/mol. The average Bonchev–Trinajstić information content (AvgIpc) is 2.64. The lowest BCUT2D eigenvalue weighted by Crippen LogP contribution is -2.33. The maximum Gasteiger partial charge on any atom is 0.131 e. The van der Waals surface area contributed by atoms with Crippen LogP contribution in [0.4, 0.5) is 0 Å². The zero-order valence-corrected chi connectivity index (χ0v) is 14.1. The lowest BCUT2D eigenvalue weighted by molar-refractivity contribution is -0.112. The summed E-state index contributed by atoms with van der Waals surface area (Å²) in [6.45, 7) is 4.10. The molecular formula is C23H22O. The molecule has 0 saturated heterocycles. The molecule has 0 N–H and O–H groups in total. The molecule has 3 aromatic rings. The second-order valence-corrected chi connectivity index (χ2v) is 6.52. The molecule has 1 nitrogen and oxygen atoms in total. The fourth-order valence-electron chi connectivity index (χ4n) is 3.39. The molecule has 0 bridgehead atoms. The highest BCUT2D eigenvalue weighted by Gasteiger charge is 2.37. The normalized spacial score (nSPS) is 13.5. The van der Waals surface area contributed by atoms with Gasteiger partial charge in [0.25, 0.3) is 0 Å². The summed E-state index contributed by atoms with van der Waals surface area (Å²) in [6, 6.07) is 28.9. The van der Waals surface area contributed by atoms with E-state index in [2.05, 4.69) is 55.5 Å². The number of aldehydes is 1. The highest BCUT2D eigenvalue weighted by molar-refractivity contribution is 5.72. The van der Waals surface area contributed by atoms with Gasteiger partial charge in [0, 0.05) is 5.92 Å². The lowest BCUT2D eigenvalue weighted by atomic mass is 9.67. The monoisotopic (exact) mass is 314 g/mol. The molecule has 0 aliphatic carbocycles. The third-order valence-electron chi connectivity index (χ3n) is 4.78. The number of benzene rings is 3. The Morgan fingerprint density at radius 2 is 1.21 bits per heavy atom. The zero-order valence-electron chi connectivity index (χ0n) is 14.1. The maximum atomic E-state index is 12.3. The number of rotatable bonds is 5. The van der Waals surface area contributed by atoms with E-state index in [1.54, 1.807) is 0 Å². The summed E-state index contributed by atoms with van der Waals surface area (Å²) in [4.78, 5) is 12.3. The molecule has 0 spiro atoms. The second-order valence-electron chi connectivity index (χ2n) is 6.52. The third kappa shape index (κ3) is 3.03. The molecule has 0 amide bonds. The molecule has 0 aliphatic heterocycles. The Kier molecular flexibility index (Phi) is 4.61. The molecule has 0 fully saturated rings. The predicted molar refractivity (Wildman–Crippen MR) is 99.3 cm³/mol. The number of hydrogen-bond donors (Lipinski definition) is 0. The van der Waals surface area contributed by atoms with Gasteiger partial charge >= 0.3 is 0 Å². The fraction of sp³-hybridized carbons (Fsp3) is 0.174. The van der Waals surface area contributed by atoms with Crippen molar-refractivity contribution in [3.8, 4) is 0 Å². The molecule has 3 aromatic carbocycles. The Bertz CT molecular complexity index is 751. The molecule has 1 heteroatoms. The van der Waals surface area contributed by atoms with Crippen molar-refractivity contribution in [1.29, 1.82) is 0 Å². The zero-order chi connectivity index (χ0) is 17.0. The van der Waals surface area contributed by atoms with Gasteiger partial charge in [0.05, 0.1) is 5.41 Å². The summed E-state index contributed by atoms with van der Waals surface area (Å²) in [6.07, 6.45) is 1.10. The molecule has 0 radical (unpaired) electrons. The quantitative estimate of drug-likeness (QED) is 0.585. The predicted octanol–water partition coefficient (Wildman–Crippen LogP) is 5.28. The van der Waals surface area contributed by atoms with Gasteiger partial charge in [-0.3, -0.25) is 0 Å².